The maximum atomic E-state index is 8.79. The first kappa shape index (κ1) is 17.9. The van der Waals surface area contributed by atoms with Gasteiger partial charge in [-0.25, -0.2) is 0 Å². The van der Waals surface area contributed by atoms with Gasteiger partial charge in [0, 0.05) is 6.10 Å². The van der Waals surface area contributed by atoms with Crippen molar-refractivity contribution in [3.05, 3.63) is 12.2 Å². The van der Waals surface area contributed by atoms with Crippen LogP contribution in [0.3, 0.4) is 0 Å². The molecule has 20 heavy (non-hydrogen) atoms. The van der Waals surface area contributed by atoms with Gasteiger partial charge in [-0.1, -0.05) is 45.8 Å². The molecule has 0 aliphatic heterocycles. The van der Waals surface area contributed by atoms with Crippen molar-refractivity contribution in [2.45, 2.75) is 83.5 Å². The summed E-state index contributed by atoms with van der Waals surface area (Å²) in [5.74, 6) is 0.709. The monoisotopic (exact) mass is 298 g/mol. The predicted octanol–water partition coefficient (Wildman–Crippen LogP) is 4.90. The minimum Gasteiger partial charge on any atom is -0.414 e. The van der Waals surface area contributed by atoms with Crippen molar-refractivity contribution >= 4 is 8.32 Å². The van der Waals surface area contributed by atoms with Gasteiger partial charge in [-0.15, -0.1) is 0 Å². The van der Waals surface area contributed by atoms with Crippen LogP contribution in [0.4, 0.5) is 0 Å². The zero-order valence-corrected chi connectivity index (χ0v) is 15.1. The summed E-state index contributed by atoms with van der Waals surface area (Å²) < 4.78 is 6.68. The maximum absolute atomic E-state index is 8.79. The first-order valence-corrected chi connectivity index (χ1v) is 11.1. The molecule has 0 bridgehead atoms. The van der Waals surface area contributed by atoms with Crippen LogP contribution in [0.2, 0.25) is 18.1 Å². The molecule has 118 valence electrons. The van der Waals surface area contributed by atoms with Gasteiger partial charge in [0.2, 0.25) is 0 Å². The number of hydrogen-bond donors (Lipinski definition) is 1. The summed E-state index contributed by atoms with van der Waals surface area (Å²) in [5, 5.41) is 9.09. The van der Waals surface area contributed by atoms with E-state index in [1.807, 2.05) is 6.08 Å². The van der Waals surface area contributed by atoms with E-state index in [2.05, 4.69) is 39.9 Å². The minimum absolute atomic E-state index is 0.161. The maximum Gasteiger partial charge on any atom is 0.192 e. The van der Waals surface area contributed by atoms with Crippen LogP contribution in [0.15, 0.2) is 12.2 Å². The Hall–Kier alpha value is -0.123. The molecule has 2 atom stereocenters. The summed E-state index contributed by atoms with van der Waals surface area (Å²) in [6.07, 6.45) is 11.9. The molecule has 0 aromatic rings. The Morgan fingerprint density at radius 3 is 2.40 bits per heavy atom. The van der Waals surface area contributed by atoms with E-state index in [1.54, 1.807) is 0 Å². The van der Waals surface area contributed by atoms with Crippen molar-refractivity contribution in [3.8, 4) is 0 Å². The summed E-state index contributed by atoms with van der Waals surface area (Å²) >= 11 is 0. The minimum atomic E-state index is -1.65. The first-order valence-electron chi connectivity index (χ1n) is 8.21. The summed E-state index contributed by atoms with van der Waals surface area (Å²) in [6, 6.07) is 0. The molecule has 0 spiro atoms. The van der Waals surface area contributed by atoms with E-state index < -0.39 is 8.32 Å². The number of aliphatic hydroxyl groups excluding tert-OH is 1. The highest BCUT2D eigenvalue weighted by Crippen LogP contribution is 2.41. The molecule has 0 heterocycles. The van der Waals surface area contributed by atoms with Crippen LogP contribution < -0.4 is 0 Å². The quantitative estimate of drug-likeness (QED) is 0.558. The second-order valence-electron chi connectivity index (χ2n) is 7.69. The summed E-state index contributed by atoms with van der Waals surface area (Å²) in [5.41, 5.74) is 0. The average Bonchev–Trinajstić information content (AvgIpc) is 2.35. The van der Waals surface area contributed by atoms with Gasteiger partial charge in [0.15, 0.2) is 8.32 Å². The van der Waals surface area contributed by atoms with Gasteiger partial charge in [0.25, 0.3) is 0 Å². The van der Waals surface area contributed by atoms with Crippen LogP contribution in [0, 0.1) is 5.92 Å². The molecular formula is C17H34O2Si. The molecule has 1 aliphatic rings. The van der Waals surface area contributed by atoms with Gasteiger partial charge in [0.1, 0.15) is 0 Å². The third-order valence-corrected chi connectivity index (χ3v) is 9.57. The zero-order valence-electron chi connectivity index (χ0n) is 14.1. The SMILES string of the molecule is CC(C)(C)[Si](C)(C)O[C@H]1CCCC[C@@H]1CC/C=C\CO. The molecule has 0 amide bonds. The highest BCUT2D eigenvalue weighted by Gasteiger charge is 2.40. The third kappa shape index (κ3) is 5.34. The van der Waals surface area contributed by atoms with Gasteiger partial charge in [-0.2, -0.15) is 0 Å². The molecule has 0 saturated heterocycles. The topological polar surface area (TPSA) is 29.5 Å². The Labute approximate surface area is 126 Å². The largest absolute Gasteiger partial charge is 0.414 e. The van der Waals surface area contributed by atoms with E-state index in [9.17, 15) is 0 Å². The lowest BCUT2D eigenvalue weighted by Crippen LogP contribution is -2.46. The van der Waals surface area contributed by atoms with E-state index in [0.29, 0.717) is 17.1 Å². The fourth-order valence-electron chi connectivity index (χ4n) is 2.72. The van der Waals surface area contributed by atoms with Crippen LogP contribution in [-0.4, -0.2) is 26.1 Å². The van der Waals surface area contributed by atoms with Gasteiger partial charge >= 0.3 is 0 Å². The molecule has 0 aromatic carbocycles. The third-order valence-electron chi connectivity index (χ3n) is 5.07. The van der Waals surface area contributed by atoms with Crippen LogP contribution in [0.25, 0.3) is 0 Å². The van der Waals surface area contributed by atoms with E-state index >= 15 is 0 Å². The smallest absolute Gasteiger partial charge is 0.192 e. The molecule has 3 heteroatoms. The highest BCUT2D eigenvalue weighted by molar-refractivity contribution is 6.74. The molecule has 1 aliphatic carbocycles. The van der Waals surface area contributed by atoms with Gasteiger partial charge in [-0.3, -0.25) is 0 Å². The lowest BCUT2D eigenvalue weighted by atomic mass is 9.83. The fraction of sp³-hybridized carbons (Fsp3) is 0.882. The molecular weight excluding hydrogens is 264 g/mol. The Morgan fingerprint density at radius 1 is 1.15 bits per heavy atom. The van der Waals surface area contributed by atoms with Gasteiger partial charge < -0.3 is 9.53 Å². The van der Waals surface area contributed by atoms with Crippen molar-refractivity contribution in [1.29, 1.82) is 0 Å². The molecule has 1 fully saturated rings. The van der Waals surface area contributed by atoms with Crippen LogP contribution in [-0.2, 0) is 4.43 Å². The van der Waals surface area contributed by atoms with Gasteiger partial charge in [-0.05, 0) is 49.7 Å². The standard InChI is InChI=1S/C17H34O2Si/c1-17(2,3)20(4,5)19-16-13-9-8-12-15(16)11-7-6-10-14-18/h6,10,15-16,18H,7-9,11-14H2,1-5H3/b10-6-/t15-,16-/m0/s1. The second kappa shape index (κ2) is 7.76. The van der Waals surface area contributed by atoms with E-state index in [0.717, 1.165) is 6.42 Å². The molecule has 1 saturated carbocycles. The second-order valence-corrected chi connectivity index (χ2v) is 12.4. The lowest BCUT2D eigenvalue weighted by Gasteiger charge is -2.43. The van der Waals surface area contributed by atoms with E-state index in [1.165, 1.54) is 32.1 Å². The van der Waals surface area contributed by atoms with Gasteiger partial charge in [0.05, 0.1) is 6.61 Å². The molecule has 2 nitrogen and oxygen atoms in total. The van der Waals surface area contributed by atoms with E-state index in [-0.39, 0.29) is 6.61 Å². The Balaban J connectivity index is 2.58. The molecule has 0 radical (unpaired) electrons. The predicted molar refractivity (Wildman–Crippen MR) is 89.5 cm³/mol. The highest BCUT2D eigenvalue weighted by atomic mass is 28.4. The first-order chi connectivity index (χ1) is 9.28. The van der Waals surface area contributed by atoms with Crippen molar-refractivity contribution in [1.82, 2.24) is 0 Å². The number of aliphatic hydroxyl groups is 1. The Kier molecular flexibility index (Phi) is 6.96. The number of rotatable bonds is 6. The summed E-state index contributed by atoms with van der Waals surface area (Å²) in [4.78, 5) is 0. The molecule has 0 aromatic heterocycles. The van der Waals surface area contributed by atoms with Crippen molar-refractivity contribution in [2.24, 2.45) is 5.92 Å². The van der Waals surface area contributed by atoms with Crippen molar-refractivity contribution in [3.63, 3.8) is 0 Å². The Bertz CT molecular complexity index is 305. The Morgan fingerprint density at radius 2 is 1.80 bits per heavy atom. The van der Waals surface area contributed by atoms with Crippen LogP contribution >= 0.6 is 0 Å². The summed E-state index contributed by atoms with van der Waals surface area (Å²) in [6.45, 7) is 11.9. The molecule has 1 rings (SSSR count). The van der Waals surface area contributed by atoms with E-state index in [4.69, 9.17) is 9.53 Å². The van der Waals surface area contributed by atoms with Crippen molar-refractivity contribution in [2.75, 3.05) is 6.61 Å². The number of hydrogen-bond acceptors (Lipinski definition) is 2. The van der Waals surface area contributed by atoms with Crippen molar-refractivity contribution < 1.29 is 9.53 Å². The zero-order chi connectivity index (χ0) is 15.2. The van der Waals surface area contributed by atoms with Crippen LogP contribution in [0.5, 0.6) is 0 Å². The number of allylic oxidation sites excluding steroid dienone is 1. The average molecular weight is 299 g/mol. The summed E-state index contributed by atoms with van der Waals surface area (Å²) in [7, 11) is -1.65. The van der Waals surface area contributed by atoms with Crippen LogP contribution in [0.1, 0.15) is 59.3 Å². The fourth-order valence-corrected chi connectivity index (χ4v) is 4.14. The molecule has 0 unspecified atom stereocenters. The molecule has 1 N–H and O–H groups in total. The normalized spacial score (nSPS) is 25.3. The lowest BCUT2D eigenvalue weighted by molar-refractivity contribution is 0.0750.